The first-order chi connectivity index (χ1) is 9.24. The summed E-state index contributed by atoms with van der Waals surface area (Å²) in [6.07, 6.45) is 3.45. The maximum atomic E-state index is 5.75. The third-order valence-corrected chi connectivity index (χ3v) is 3.17. The second-order valence-corrected chi connectivity index (χ2v) is 4.54. The number of anilines is 2. The van der Waals surface area contributed by atoms with Gasteiger partial charge in [-0.15, -0.1) is 0 Å². The number of nitrogens with zero attached hydrogens (tertiary/aromatic N) is 1. The van der Waals surface area contributed by atoms with Gasteiger partial charge in [-0.2, -0.15) is 0 Å². The third kappa shape index (κ3) is 2.25. The molecule has 0 unspecified atom stereocenters. The minimum atomic E-state index is 0.674. The standard InChI is InChI=1S/C15H15N3O/c1-10-6-15(18-8-13(10)16)17-7-11-9-19-14-5-3-2-4-12(11)14/h2-6,8-9H,7,16H2,1H3,(H,17,18). The molecule has 3 rings (SSSR count). The van der Waals surface area contributed by atoms with E-state index in [0.717, 1.165) is 27.9 Å². The average Bonchev–Trinajstić information content (AvgIpc) is 2.83. The molecular weight excluding hydrogens is 238 g/mol. The van der Waals surface area contributed by atoms with E-state index in [1.54, 1.807) is 12.5 Å². The molecule has 3 aromatic rings. The van der Waals surface area contributed by atoms with Crippen LogP contribution in [0.3, 0.4) is 0 Å². The van der Waals surface area contributed by atoms with Gasteiger partial charge in [0.2, 0.25) is 0 Å². The molecule has 4 nitrogen and oxygen atoms in total. The molecule has 0 amide bonds. The monoisotopic (exact) mass is 253 g/mol. The minimum absolute atomic E-state index is 0.674. The zero-order valence-corrected chi connectivity index (χ0v) is 10.7. The van der Waals surface area contributed by atoms with Crippen LogP contribution in [0.1, 0.15) is 11.1 Å². The molecule has 0 aliphatic rings. The van der Waals surface area contributed by atoms with Gasteiger partial charge >= 0.3 is 0 Å². The number of aryl methyl sites for hydroxylation is 1. The quantitative estimate of drug-likeness (QED) is 0.751. The molecule has 2 aromatic heterocycles. The molecule has 1 aromatic carbocycles. The molecule has 0 bridgehead atoms. The van der Waals surface area contributed by atoms with Gasteiger partial charge in [0.15, 0.2) is 0 Å². The summed E-state index contributed by atoms with van der Waals surface area (Å²) in [4.78, 5) is 4.25. The van der Waals surface area contributed by atoms with Crippen molar-refractivity contribution in [1.82, 2.24) is 4.98 Å². The molecule has 0 saturated heterocycles. The summed E-state index contributed by atoms with van der Waals surface area (Å²) in [5.74, 6) is 0.817. The van der Waals surface area contributed by atoms with Crippen molar-refractivity contribution in [2.75, 3.05) is 11.1 Å². The molecule has 0 radical (unpaired) electrons. The molecule has 0 fully saturated rings. The minimum Gasteiger partial charge on any atom is -0.464 e. The smallest absolute Gasteiger partial charge is 0.134 e. The lowest BCUT2D eigenvalue weighted by atomic mass is 10.2. The van der Waals surface area contributed by atoms with Crippen molar-refractivity contribution in [3.8, 4) is 0 Å². The van der Waals surface area contributed by atoms with Crippen molar-refractivity contribution >= 4 is 22.5 Å². The normalized spacial score (nSPS) is 10.8. The highest BCUT2D eigenvalue weighted by molar-refractivity contribution is 5.81. The van der Waals surface area contributed by atoms with E-state index >= 15 is 0 Å². The van der Waals surface area contributed by atoms with Crippen LogP contribution in [-0.4, -0.2) is 4.98 Å². The first kappa shape index (κ1) is 11.6. The number of furan rings is 1. The Morgan fingerprint density at radius 2 is 2.16 bits per heavy atom. The summed E-state index contributed by atoms with van der Waals surface area (Å²) < 4.78 is 5.50. The van der Waals surface area contributed by atoms with E-state index in [2.05, 4.69) is 16.4 Å². The van der Waals surface area contributed by atoms with E-state index in [-0.39, 0.29) is 0 Å². The summed E-state index contributed by atoms with van der Waals surface area (Å²) >= 11 is 0. The summed E-state index contributed by atoms with van der Waals surface area (Å²) in [7, 11) is 0. The Labute approximate surface area is 111 Å². The molecule has 0 aliphatic heterocycles. The molecule has 0 atom stereocenters. The molecule has 0 saturated carbocycles. The Morgan fingerprint density at radius 1 is 1.32 bits per heavy atom. The van der Waals surface area contributed by atoms with E-state index in [9.17, 15) is 0 Å². The van der Waals surface area contributed by atoms with Gasteiger partial charge in [0, 0.05) is 17.5 Å². The summed E-state index contributed by atoms with van der Waals surface area (Å²) in [6, 6.07) is 9.93. The second kappa shape index (κ2) is 4.65. The topological polar surface area (TPSA) is 64.1 Å². The predicted octanol–water partition coefficient (Wildman–Crippen LogP) is 3.33. The highest BCUT2D eigenvalue weighted by Gasteiger charge is 2.05. The Kier molecular flexibility index (Phi) is 2.83. The van der Waals surface area contributed by atoms with E-state index in [0.29, 0.717) is 12.2 Å². The molecule has 19 heavy (non-hydrogen) atoms. The Hall–Kier alpha value is -2.49. The van der Waals surface area contributed by atoms with E-state index in [1.807, 2.05) is 31.2 Å². The number of hydrogen-bond acceptors (Lipinski definition) is 4. The zero-order chi connectivity index (χ0) is 13.2. The van der Waals surface area contributed by atoms with Crippen LogP contribution in [0.25, 0.3) is 11.0 Å². The van der Waals surface area contributed by atoms with Gasteiger partial charge in [0.05, 0.1) is 18.1 Å². The van der Waals surface area contributed by atoms with Crippen LogP contribution in [0.15, 0.2) is 47.2 Å². The lowest BCUT2D eigenvalue weighted by molar-refractivity contribution is 0.611. The van der Waals surface area contributed by atoms with Gasteiger partial charge in [-0.3, -0.25) is 0 Å². The van der Waals surface area contributed by atoms with Gasteiger partial charge in [-0.1, -0.05) is 18.2 Å². The maximum Gasteiger partial charge on any atom is 0.134 e. The van der Waals surface area contributed by atoms with Crippen molar-refractivity contribution in [3.05, 3.63) is 53.9 Å². The number of fused-ring (bicyclic) bond motifs is 1. The van der Waals surface area contributed by atoms with E-state index < -0.39 is 0 Å². The van der Waals surface area contributed by atoms with Crippen LogP contribution >= 0.6 is 0 Å². The maximum absolute atomic E-state index is 5.75. The van der Waals surface area contributed by atoms with Crippen LogP contribution in [0, 0.1) is 6.92 Å². The Balaban J connectivity index is 1.80. The van der Waals surface area contributed by atoms with Crippen molar-refractivity contribution < 1.29 is 4.42 Å². The molecule has 3 N–H and O–H groups in total. The number of hydrogen-bond donors (Lipinski definition) is 2. The van der Waals surface area contributed by atoms with Gasteiger partial charge in [-0.25, -0.2) is 4.98 Å². The number of para-hydroxylation sites is 1. The molecule has 4 heteroatoms. The summed E-state index contributed by atoms with van der Waals surface area (Å²) in [5.41, 5.74) is 9.50. The predicted molar refractivity (Wildman–Crippen MR) is 76.9 cm³/mol. The van der Waals surface area contributed by atoms with Gasteiger partial charge in [-0.05, 0) is 24.6 Å². The number of aromatic nitrogens is 1. The number of rotatable bonds is 3. The van der Waals surface area contributed by atoms with Crippen LogP contribution in [-0.2, 0) is 6.54 Å². The number of pyridine rings is 1. The van der Waals surface area contributed by atoms with Crippen LogP contribution < -0.4 is 11.1 Å². The molecular formula is C15H15N3O. The largest absolute Gasteiger partial charge is 0.464 e. The first-order valence-corrected chi connectivity index (χ1v) is 6.15. The fraction of sp³-hybridized carbons (Fsp3) is 0.133. The number of benzene rings is 1. The van der Waals surface area contributed by atoms with Gasteiger partial charge in [0.25, 0.3) is 0 Å². The number of nitrogens with two attached hydrogens (primary N) is 1. The molecule has 0 aliphatic carbocycles. The van der Waals surface area contributed by atoms with Crippen LogP contribution in [0.4, 0.5) is 11.5 Å². The van der Waals surface area contributed by atoms with Crippen molar-refractivity contribution in [2.24, 2.45) is 0 Å². The van der Waals surface area contributed by atoms with Crippen molar-refractivity contribution in [1.29, 1.82) is 0 Å². The van der Waals surface area contributed by atoms with Crippen molar-refractivity contribution in [2.45, 2.75) is 13.5 Å². The Bertz CT molecular complexity index is 718. The van der Waals surface area contributed by atoms with Crippen LogP contribution in [0.2, 0.25) is 0 Å². The molecule has 96 valence electrons. The first-order valence-electron chi connectivity index (χ1n) is 6.15. The van der Waals surface area contributed by atoms with Gasteiger partial charge in [0.1, 0.15) is 11.4 Å². The molecule has 2 heterocycles. The zero-order valence-electron chi connectivity index (χ0n) is 10.7. The average molecular weight is 253 g/mol. The lowest BCUT2D eigenvalue weighted by Crippen LogP contribution is -2.02. The number of nitrogens with one attached hydrogen (secondary N) is 1. The highest BCUT2D eigenvalue weighted by Crippen LogP contribution is 2.21. The Morgan fingerprint density at radius 3 is 3.00 bits per heavy atom. The fourth-order valence-corrected chi connectivity index (χ4v) is 2.02. The molecule has 0 spiro atoms. The number of nitrogen functional groups attached to an aromatic ring is 1. The fourth-order valence-electron chi connectivity index (χ4n) is 2.02. The van der Waals surface area contributed by atoms with Gasteiger partial charge < -0.3 is 15.5 Å². The highest BCUT2D eigenvalue weighted by atomic mass is 16.3. The van der Waals surface area contributed by atoms with E-state index in [4.69, 9.17) is 10.2 Å². The summed E-state index contributed by atoms with van der Waals surface area (Å²) in [5, 5.41) is 4.41. The van der Waals surface area contributed by atoms with E-state index in [1.165, 1.54) is 0 Å². The lowest BCUT2D eigenvalue weighted by Gasteiger charge is -2.06. The third-order valence-electron chi connectivity index (χ3n) is 3.17. The summed E-state index contributed by atoms with van der Waals surface area (Å²) in [6.45, 7) is 2.64. The SMILES string of the molecule is Cc1cc(NCc2coc3ccccc23)ncc1N. The second-order valence-electron chi connectivity index (χ2n) is 4.54. The van der Waals surface area contributed by atoms with Crippen molar-refractivity contribution in [3.63, 3.8) is 0 Å². The van der Waals surface area contributed by atoms with Crippen LogP contribution in [0.5, 0.6) is 0 Å².